The molecule has 0 unspecified atom stereocenters. The van der Waals surface area contributed by atoms with Crippen LogP contribution in [0.15, 0.2) is 11.1 Å². The summed E-state index contributed by atoms with van der Waals surface area (Å²) in [5.41, 5.74) is 1.64. The molecule has 0 amide bonds. The van der Waals surface area contributed by atoms with E-state index in [0.29, 0.717) is 19.3 Å². The second-order valence-electron chi connectivity index (χ2n) is 8.87. The van der Waals surface area contributed by atoms with Gasteiger partial charge in [0.25, 0.3) is 0 Å². The Morgan fingerprint density at radius 2 is 1.24 bits per heavy atom. The van der Waals surface area contributed by atoms with Crippen molar-refractivity contribution in [1.82, 2.24) is 0 Å². The maximum atomic E-state index is 10.1. The molecule has 0 aromatic carbocycles. The summed E-state index contributed by atoms with van der Waals surface area (Å²) in [6.07, 6.45) is -12.0. The van der Waals surface area contributed by atoms with E-state index in [0.717, 1.165) is 11.1 Å². The van der Waals surface area contributed by atoms with Gasteiger partial charge in [0.15, 0.2) is 12.6 Å². The highest BCUT2D eigenvalue weighted by Crippen LogP contribution is 2.35. The van der Waals surface area contributed by atoms with Crippen LogP contribution >= 0.6 is 0 Å². The normalized spacial score (nSPS) is 43.5. The summed E-state index contributed by atoms with van der Waals surface area (Å²) < 4.78 is 21.8. The topological polar surface area (TPSA) is 219 Å². The molecule has 0 aromatic heterocycles. The summed E-state index contributed by atoms with van der Waals surface area (Å²) >= 11 is 0. The summed E-state index contributed by atoms with van der Waals surface area (Å²) in [6.45, 7) is -1.20. The zero-order valence-corrected chi connectivity index (χ0v) is 18.7. The third-order valence-electron chi connectivity index (χ3n) is 6.76. The SMILES string of the molecule is OCC1=C(CCO[C@H]2O[C@@H](CO)[C@H](O)[C@@H](O)[C@@H]2O)CC[C@@H]1CO[C@H]1O[C@@H](CO)[C@H](O)[C@@H](O)[C@@H]1O. The van der Waals surface area contributed by atoms with Crippen LogP contribution in [0.3, 0.4) is 0 Å². The Morgan fingerprint density at radius 3 is 1.74 bits per heavy atom. The summed E-state index contributed by atoms with van der Waals surface area (Å²) in [5.74, 6) is -0.195. The second kappa shape index (κ2) is 12.5. The van der Waals surface area contributed by atoms with Gasteiger partial charge in [-0.1, -0.05) is 5.57 Å². The highest BCUT2D eigenvalue weighted by atomic mass is 16.7. The zero-order valence-electron chi connectivity index (χ0n) is 18.7. The van der Waals surface area contributed by atoms with E-state index < -0.39 is 74.6 Å². The van der Waals surface area contributed by atoms with Crippen molar-refractivity contribution < 1.29 is 64.9 Å². The van der Waals surface area contributed by atoms with Crippen LogP contribution in [0, 0.1) is 5.92 Å². The molecule has 3 rings (SSSR count). The molecule has 2 aliphatic heterocycles. The number of aliphatic hydroxyl groups is 9. The first kappa shape index (κ1) is 27.8. The molecular formula is C21H36O13. The molecular weight excluding hydrogens is 460 g/mol. The largest absolute Gasteiger partial charge is 0.394 e. The molecule has 0 spiro atoms. The maximum absolute atomic E-state index is 10.1. The van der Waals surface area contributed by atoms with Gasteiger partial charge in [-0.05, 0) is 24.8 Å². The number of hydrogen-bond donors (Lipinski definition) is 9. The molecule has 2 heterocycles. The molecule has 34 heavy (non-hydrogen) atoms. The van der Waals surface area contributed by atoms with Gasteiger partial charge < -0.3 is 64.9 Å². The van der Waals surface area contributed by atoms with E-state index in [1.54, 1.807) is 0 Å². The fourth-order valence-corrected chi connectivity index (χ4v) is 4.60. The van der Waals surface area contributed by atoms with Crippen LogP contribution in [0.5, 0.6) is 0 Å². The van der Waals surface area contributed by atoms with Crippen molar-refractivity contribution in [2.24, 2.45) is 5.92 Å². The fourth-order valence-electron chi connectivity index (χ4n) is 4.60. The van der Waals surface area contributed by atoms with Crippen LogP contribution in [0.4, 0.5) is 0 Å². The smallest absolute Gasteiger partial charge is 0.186 e. The van der Waals surface area contributed by atoms with Gasteiger partial charge in [0, 0.05) is 5.92 Å². The lowest BCUT2D eigenvalue weighted by molar-refractivity contribution is -0.302. The summed E-state index contributed by atoms with van der Waals surface area (Å²) in [6, 6.07) is 0. The van der Waals surface area contributed by atoms with Gasteiger partial charge in [-0.2, -0.15) is 0 Å². The molecule has 11 atom stereocenters. The zero-order chi connectivity index (χ0) is 25.0. The summed E-state index contributed by atoms with van der Waals surface area (Å²) in [7, 11) is 0. The van der Waals surface area contributed by atoms with Crippen LogP contribution in [0.25, 0.3) is 0 Å². The van der Waals surface area contributed by atoms with Crippen molar-refractivity contribution >= 4 is 0 Å². The summed E-state index contributed by atoms with van der Waals surface area (Å²) in [4.78, 5) is 0. The monoisotopic (exact) mass is 496 g/mol. The van der Waals surface area contributed by atoms with E-state index in [1.165, 1.54) is 0 Å². The van der Waals surface area contributed by atoms with Crippen molar-refractivity contribution in [3.63, 3.8) is 0 Å². The first-order chi connectivity index (χ1) is 16.2. The molecule has 0 bridgehead atoms. The molecule has 2 fully saturated rings. The molecule has 1 aliphatic carbocycles. The molecule has 0 radical (unpaired) electrons. The van der Waals surface area contributed by atoms with E-state index >= 15 is 0 Å². The molecule has 9 N–H and O–H groups in total. The predicted octanol–water partition coefficient (Wildman–Crippen LogP) is -4.29. The third-order valence-corrected chi connectivity index (χ3v) is 6.76. The van der Waals surface area contributed by atoms with E-state index in [-0.39, 0.29) is 25.7 Å². The molecule has 0 aromatic rings. The predicted molar refractivity (Wildman–Crippen MR) is 111 cm³/mol. The third kappa shape index (κ3) is 5.95. The van der Waals surface area contributed by atoms with Crippen molar-refractivity contribution in [1.29, 1.82) is 0 Å². The van der Waals surface area contributed by atoms with Gasteiger partial charge in [-0.25, -0.2) is 0 Å². The van der Waals surface area contributed by atoms with Gasteiger partial charge >= 0.3 is 0 Å². The first-order valence-electron chi connectivity index (χ1n) is 11.4. The van der Waals surface area contributed by atoms with Crippen LogP contribution in [-0.2, 0) is 18.9 Å². The number of rotatable bonds is 10. The minimum absolute atomic E-state index is 0.0651. The van der Waals surface area contributed by atoms with Gasteiger partial charge in [0.05, 0.1) is 33.0 Å². The number of aliphatic hydroxyl groups excluding tert-OH is 9. The Balaban J connectivity index is 1.52. The molecule has 198 valence electrons. The van der Waals surface area contributed by atoms with E-state index in [2.05, 4.69) is 0 Å². The summed E-state index contributed by atoms with van der Waals surface area (Å²) in [5, 5.41) is 88.0. The van der Waals surface area contributed by atoms with Crippen LogP contribution in [0.1, 0.15) is 19.3 Å². The maximum Gasteiger partial charge on any atom is 0.186 e. The molecule has 13 nitrogen and oxygen atoms in total. The lowest BCUT2D eigenvalue weighted by Crippen LogP contribution is -2.59. The van der Waals surface area contributed by atoms with Gasteiger partial charge in [0.1, 0.15) is 48.8 Å². The van der Waals surface area contributed by atoms with E-state index in [4.69, 9.17) is 18.9 Å². The Kier molecular flexibility index (Phi) is 10.2. The first-order valence-corrected chi connectivity index (χ1v) is 11.4. The minimum atomic E-state index is -1.54. The van der Waals surface area contributed by atoms with Crippen LogP contribution < -0.4 is 0 Å². The van der Waals surface area contributed by atoms with Crippen molar-refractivity contribution in [3.05, 3.63) is 11.1 Å². The lowest BCUT2D eigenvalue weighted by Gasteiger charge is -2.40. The fraction of sp³-hybridized carbons (Fsp3) is 0.905. The highest BCUT2D eigenvalue weighted by Gasteiger charge is 2.45. The van der Waals surface area contributed by atoms with Crippen LogP contribution in [-0.4, -0.2) is 140 Å². The highest BCUT2D eigenvalue weighted by molar-refractivity contribution is 5.23. The molecule has 13 heteroatoms. The second-order valence-corrected chi connectivity index (χ2v) is 8.87. The lowest BCUT2D eigenvalue weighted by atomic mass is 9.99. The van der Waals surface area contributed by atoms with Gasteiger partial charge in [0.2, 0.25) is 0 Å². The standard InChI is InChI=1S/C21H36O13/c22-5-11-9(3-4-31-20-18(29)16(27)14(25)12(6-23)33-20)1-2-10(11)8-32-21-19(30)17(28)15(26)13(7-24)34-21/h10,12-30H,1-8H2/t10-,12+,13+,14+,15+,16-,17-,18+,19+,20+,21+/m1/s1. The average Bonchev–Trinajstić information content (AvgIpc) is 3.23. The quantitative estimate of drug-likeness (QED) is 0.131. The minimum Gasteiger partial charge on any atom is -0.394 e. The average molecular weight is 497 g/mol. The Hall–Kier alpha value is -0.780. The Morgan fingerprint density at radius 1 is 0.706 bits per heavy atom. The number of hydrogen-bond acceptors (Lipinski definition) is 13. The van der Waals surface area contributed by atoms with Crippen LogP contribution in [0.2, 0.25) is 0 Å². The Labute approximate surface area is 196 Å². The van der Waals surface area contributed by atoms with Gasteiger partial charge in [-0.3, -0.25) is 0 Å². The van der Waals surface area contributed by atoms with E-state index in [9.17, 15) is 46.0 Å². The molecule has 3 aliphatic rings. The Bertz CT molecular complexity index is 671. The van der Waals surface area contributed by atoms with Crippen molar-refractivity contribution in [3.8, 4) is 0 Å². The van der Waals surface area contributed by atoms with Crippen molar-refractivity contribution in [2.75, 3.05) is 33.0 Å². The molecule has 0 saturated carbocycles. The van der Waals surface area contributed by atoms with E-state index in [1.807, 2.05) is 0 Å². The number of ether oxygens (including phenoxy) is 4. The van der Waals surface area contributed by atoms with Crippen molar-refractivity contribution in [2.45, 2.75) is 80.7 Å². The van der Waals surface area contributed by atoms with Gasteiger partial charge in [-0.15, -0.1) is 0 Å². The molecule has 2 saturated heterocycles.